The fourth-order valence-corrected chi connectivity index (χ4v) is 5.59. The zero-order valence-electron chi connectivity index (χ0n) is 19.5. The maximum atomic E-state index is 13.0. The Hall–Kier alpha value is -3.80. The van der Waals surface area contributed by atoms with Gasteiger partial charge in [0.25, 0.3) is 11.6 Å². The third-order valence-corrected chi connectivity index (χ3v) is 7.92. The molecule has 192 valence electrons. The Labute approximate surface area is 218 Å². The van der Waals surface area contributed by atoms with Gasteiger partial charge in [0.15, 0.2) is 0 Å². The number of carbonyl (C=O) groups excluding carboxylic acids is 1. The Kier molecular flexibility index (Phi) is 8.17. The number of hydrazone groups is 1. The predicted molar refractivity (Wildman–Crippen MR) is 138 cm³/mol. The third kappa shape index (κ3) is 6.50. The highest BCUT2D eigenvalue weighted by Crippen LogP contribution is 2.27. The van der Waals surface area contributed by atoms with Gasteiger partial charge in [-0.15, -0.1) is 0 Å². The van der Waals surface area contributed by atoms with Gasteiger partial charge in [0.1, 0.15) is 18.4 Å². The number of halogens is 1. The molecule has 10 nitrogen and oxygen atoms in total. The largest absolute Gasteiger partial charge is 0.489 e. The molecule has 0 unspecified atom stereocenters. The Morgan fingerprint density at radius 3 is 2.43 bits per heavy atom. The van der Waals surface area contributed by atoms with Crippen LogP contribution in [0.1, 0.15) is 24.0 Å². The fraction of sp³-hybridized carbons (Fsp3) is 0.200. The highest BCUT2D eigenvalue weighted by molar-refractivity contribution is 7.89. The minimum Gasteiger partial charge on any atom is -0.489 e. The van der Waals surface area contributed by atoms with E-state index in [0.717, 1.165) is 5.56 Å². The quantitative estimate of drug-likeness (QED) is 0.246. The lowest BCUT2D eigenvalue weighted by Crippen LogP contribution is -2.44. The number of amides is 1. The van der Waals surface area contributed by atoms with E-state index < -0.39 is 26.9 Å². The third-order valence-electron chi connectivity index (χ3n) is 5.75. The number of benzene rings is 3. The van der Waals surface area contributed by atoms with Crippen molar-refractivity contribution in [2.75, 3.05) is 6.54 Å². The second-order valence-electron chi connectivity index (χ2n) is 8.24. The van der Waals surface area contributed by atoms with Gasteiger partial charge in [-0.3, -0.25) is 14.9 Å². The monoisotopic (exact) mass is 542 g/mol. The second kappa shape index (κ2) is 11.5. The summed E-state index contributed by atoms with van der Waals surface area (Å²) in [6.45, 7) is 0.492. The molecule has 0 radical (unpaired) electrons. The minimum atomic E-state index is -3.85. The first-order valence-electron chi connectivity index (χ1n) is 11.3. The van der Waals surface area contributed by atoms with E-state index in [1.54, 1.807) is 36.4 Å². The van der Waals surface area contributed by atoms with Crippen LogP contribution in [0.2, 0.25) is 5.02 Å². The number of sulfonamides is 1. The summed E-state index contributed by atoms with van der Waals surface area (Å²) in [5, 5.41) is 15.1. The maximum Gasteiger partial charge on any atom is 0.269 e. The molecule has 3 aromatic carbocycles. The molecule has 3 aromatic rings. The molecule has 0 bridgehead atoms. The van der Waals surface area contributed by atoms with Crippen molar-refractivity contribution in [2.24, 2.45) is 5.10 Å². The molecule has 1 saturated heterocycles. The van der Waals surface area contributed by atoms with Crippen LogP contribution in [0.5, 0.6) is 5.75 Å². The number of nitrogens with one attached hydrogen (secondary N) is 1. The van der Waals surface area contributed by atoms with Crippen molar-refractivity contribution in [3.63, 3.8) is 0 Å². The van der Waals surface area contributed by atoms with E-state index in [4.69, 9.17) is 16.3 Å². The zero-order valence-corrected chi connectivity index (χ0v) is 21.1. The Morgan fingerprint density at radius 1 is 1.11 bits per heavy atom. The number of nitro benzene ring substituents is 1. The summed E-state index contributed by atoms with van der Waals surface area (Å²) in [6, 6.07) is 18.0. The van der Waals surface area contributed by atoms with Crippen LogP contribution in [0.15, 0.2) is 82.8 Å². The Balaban J connectivity index is 1.31. The van der Waals surface area contributed by atoms with Crippen molar-refractivity contribution >= 4 is 39.4 Å². The average Bonchev–Trinajstić information content (AvgIpc) is 3.40. The molecule has 1 atom stereocenters. The van der Waals surface area contributed by atoms with E-state index in [0.29, 0.717) is 29.2 Å². The summed E-state index contributed by atoms with van der Waals surface area (Å²) in [6.07, 6.45) is 2.41. The topological polar surface area (TPSA) is 131 Å². The number of non-ortho nitro benzene ring substituents is 1. The molecule has 37 heavy (non-hydrogen) atoms. The van der Waals surface area contributed by atoms with Crippen LogP contribution in [-0.4, -0.2) is 42.4 Å². The number of hydrogen-bond donors (Lipinski definition) is 1. The highest BCUT2D eigenvalue weighted by atomic mass is 35.5. The van der Waals surface area contributed by atoms with Crippen molar-refractivity contribution < 1.29 is 22.9 Å². The summed E-state index contributed by atoms with van der Waals surface area (Å²) in [7, 11) is -3.85. The molecule has 1 heterocycles. The molecule has 12 heteroatoms. The number of carbonyl (C=O) groups is 1. The lowest BCUT2D eigenvalue weighted by Gasteiger charge is -2.22. The molecule has 0 aromatic heterocycles. The van der Waals surface area contributed by atoms with Crippen molar-refractivity contribution in [3.8, 4) is 5.75 Å². The van der Waals surface area contributed by atoms with Crippen LogP contribution in [0.3, 0.4) is 0 Å². The number of nitrogens with zero attached hydrogens (tertiary/aromatic N) is 3. The van der Waals surface area contributed by atoms with Crippen molar-refractivity contribution in [1.29, 1.82) is 0 Å². The van der Waals surface area contributed by atoms with Gasteiger partial charge in [-0.2, -0.15) is 9.41 Å². The normalized spacial score (nSPS) is 16.1. The Morgan fingerprint density at radius 2 is 1.78 bits per heavy atom. The molecule has 1 aliphatic rings. The van der Waals surface area contributed by atoms with Gasteiger partial charge in [-0.1, -0.05) is 11.6 Å². The average molecular weight is 543 g/mol. The van der Waals surface area contributed by atoms with Gasteiger partial charge in [0.05, 0.1) is 16.0 Å². The standard InChI is InChI=1S/C25H23ClN4O6S/c26-20-7-13-23(14-8-20)37(34,35)29-15-1-2-24(29)25(31)28-27-16-18-5-11-22(12-6-18)36-17-19-3-9-21(10-4-19)30(32)33/h3-14,16,24H,1-2,15,17H2,(H,28,31)/b27-16-/t24-/m0/s1. The van der Waals surface area contributed by atoms with E-state index >= 15 is 0 Å². The molecule has 0 saturated carbocycles. The summed E-state index contributed by atoms with van der Waals surface area (Å²) >= 11 is 5.86. The van der Waals surface area contributed by atoms with Crippen LogP contribution >= 0.6 is 11.6 Å². The van der Waals surface area contributed by atoms with E-state index in [-0.39, 0.29) is 23.7 Å². The van der Waals surface area contributed by atoms with Crippen LogP contribution < -0.4 is 10.2 Å². The van der Waals surface area contributed by atoms with Gasteiger partial charge in [-0.25, -0.2) is 13.8 Å². The van der Waals surface area contributed by atoms with E-state index in [2.05, 4.69) is 10.5 Å². The van der Waals surface area contributed by atoms with Crippen LogP contribution in [0.25, 0.3) is 0 Å². The second-order valence-corrected chi connectivity index (χ2v) is 10.6. The van der Waals surface area contributed by atoms with Crippen LogP contribution in [0.4, 0.5) is 5.69 Å². The van der Waals surface area contributed by atoms with Gasteiger partial charge in [-0.05, 0) is 84.6 Å². The molecule has 0 aliphatic carbocycles. The van der Waals surface area contributed by atoms with Gasteiger partial charge >= 0.3 is 0 Å². The molecule has 1 fully saturated rings. The van der Waals surface area contributed by atoms with E-state index in [1.807, 2.05) is 0 Å². The lowest BCUT2D eigenvalue weighted by atomic mass is 10.2. The summed E-state index contributed by atoms with van der Waals surface area (Å²) in [5.74, 6) is 0.0860. The first-order chi connectivity index (χ1) is 17.7. The first kappa shape index (κ1) is 26.3. The number of ether oxygens (including phenoxy) is 1. The van der Waals surface area contributed by atoms with Gasteiger partial charge < -0.3 is 4.74 Å². The Bertz CT molecular complexity index is 1390. The molecule has 1 amide bonds. The smallest absolute Gasteiger partial charge is 0.269 e. The summed E-state index contributed by atoms with van der Waals surface area (Å²) in [5.41, 5.74) is 3.93. The number of rotatable bonds is 9. The maximum absolute atomic E-state index is 13.0. The van der Waals surface area contributed by atoms with Crippen LogP contribution in [0, 0.1) is 10.1 Å². The fourth-order valence-electron chi connectivity index (χ4n) is 3.81. The van der Waals surface area contributed by atoms with E-state index in [9.17, 15) is 23.3 Å². The van der Waals surface area contributed by atoms with Gasteiger partial charge in [0, 0.05) is 23.7 Å². The number of hydrogen-bond acceptors (Lipinski definition) is 7. The molecular weight excluding hydrogens is 520 g/mol. The van der Waals surface area contributed by atoms with Crippen molar-refractivity contribution in [3.05, 3.63) is 99.1 Å². The zero-order chi connectivity index (χ0) is 26.4. The summed E-state index contributed by atoms with van der Waals surface area (Å²) < 4.78 is 32.9. The molecule has 1 N–H and O–H groups in total. The SMILES string of the molecule is O=C(N/N=C\c1ccc(OCc2ccc([N+](=O)[O-])cc2)cc1)[C@@H]1CCCN1S(=O)(=O)c1ccc(Cl)cc1. The lowest BCUT2D eigenvalue weighted by molar-refractivity contribution is -0.384. The first-order valence-corrected chi connectivity index (χ1v) is 13.1. The molecule has 1 aliphatic heterocycles. The number of nitro groups is 1. The van der Waals surface area contributed by atoms with Crippen molar-refractivity contribution in [1.82, 2.24) is 9.73 Å². The van der Waals surface area contributed by atoms with Crippen molar-refractivity contribution in [2.45, 2.75) is 30.4 Å². The van der Waals surface area contributed by atoms with E-state index in [1.165, 1.54) is 46.9 Å². The minimum absolute atomic E-state index is 0.0169. The van der Waals surface area contributed by atoms with Crippen LogP contribution in [-0.2, 0) is 21.4 Å². The predicted octanol–water partition coefficient (Wildman–Crippen LogP) is 4.13. The van der Waals surface area contributed by atoms with Gasteiger partial charge in [0.2, 0.25) is 10.0 Å². The molecule has 0 spiro atoms. The highest BCUT2D eigenvalue weighted by Gasteiger charge is 2.39. The summed E-state index contributed by atoms with van der Waals surface area (Å²) in [4.78, 5) is 23.1. The molecule has 4 rings (SSSR count). The molecular formula is C25H23ClN4O6S.